The van der Waals surface area contributed by atoms with Crippen molar-refractivity contribution in [3.8, 4) is 0 Å². The molecule has 4 N–H and O–H groups in total. The Morgan fingerprint density at radius 1 is 1.12 bits per heavy atom. The number of aliphatic hydroxyl groups excluding tert-OH is 3. The van der Waals surface area contributed by atoms with Gasteiger partial charge in [-0.15, -0.1) is 0 Å². The molecule has 1 rings (SSSR count). The van der Waals surface area contributed by atoms with Crippen LogP contribution in [0.25, 0.3) is 0 Å². The summed E-state index contributed by atoms with van der Waals surface area (Å²) in [5.41, 5.74) is 0. The van der Waals surface area contributed by atoms with Crippen LogP contribution in [0.15, 0.2) is 0 Å². The molecular weight excluding hydrogens is 326 g/mol. The first-order valence-electron chi connectivity index (χ1n) is 9.45. The molecule has 7 heteroatoms. The van der Waals surface area contributed by atoms with Crippen molar-refractivity contribution >= 4 is 11.9 Å². The van der Waals surface area contributed by atoms with Gasteiger partial charge in [-0.05, 0) is 6.42 Å². The van der Waals surface area contributed by atoms with Crippen LogP contribution in [0.3, 0.4) is 0 Å². The first-order chi connectivity index (χ1) is 12.0. The summed E-state index contributed by atoms with van der Waals surface area (Å²) >= 11 is 0. The SMILES string of the molecule is CCCCCCCCCC[C@H](CNC(=O)CO)[C@@H]1OC(=O)[C@@H](O)[C@H]1O. The average Bonchev–Trinajstić information content (AvgIpc) is 2.86. The fraction of sp³-hybridized carbons (Fsp3) is 0.889. The van der Waals surface area contributed by atoms with E-state index in [-0.39, 0.29) is 12.5 Å². The zero-order valence-corrected chi connectivity index (χ0v) is 15.2. The molecule has 0 unspecified atom stereocenters. The topological polar surface area (TPSA) is 116 Å². The van der Waals surface area contributed by atoms with Gasteiger partial charge in [0.25, 0.3) is 0 Å². The van der Waals surface area contributed by atoms with E-state index in [9.17, 15) is 19.8 Å². The quantitative estimate of drug-likeness (QED) is 0.287. The van der Waals surface area contributed by atoms with Gasteiger partial charge in [0.05, 0.1) is 0 Å². The highest BCUT2D eigenvalue weighted by molar-refractivity contribution is 5.78. The minimum atomic E-state index is -1.53. The third kappa shape index (κ3) is 7.71. The van der Waals surface area contributed by atoms with Crippen molar-refractivity contribution in [3.63, 3.8) is 0 Å². The Labute approximate surface area is 149 Å². The molecule has 1 saturated heterocycles. The Morgan fingerprint density at radius 3 is 2.24 bits per heavy atom. The van der Waals surface area contributed by atoms with Gasteiger partial charge in [-0.1, -0.05) is 58.3 Å². The van der Waals surface area contributed by atoms with E-state index in [4.69, 9.17) is 9.84 Å². The van der Waals surface area contributed by atoms with Gasteiger partial charge in [-0.3, -0.25) is 4.79 Å². The second kappa shape index (κ2) is 12.2. The Morgan fingerprint density at radius 2 is 1.72 bits per heavy atom. The van der Waals surface area contributed by atoms with E-state index in [0.29, 0.717) is 6.42 Å². The van der Waals surface area contributed by atoms with Crippen LogP contribution in [-0.2, 0) is 14.3 Å². The molecule has 0 saturated carbocycles. The third-order valence-electron chi connectivity index (χ3n) is 4.75. The highest BCUT2D eigenvalue weighted by Gasteiger charge is 2.46. The minimum absolute atomic E-state index is 0.192. The predicted octanol–water partition coefficient (Wildman–Crippen LogP) is 0.889. The van der Waals surface area contributed by atoms with Crippen molar-refractivity contribution in [1.29, 1.82) is 0 Å². The van der Waals surface area contributed by atoms with Crippen LogP contribution in [-0.4, -0.2) is 58.7 Å². The maximum atomic E-state index is 11.4. The van der Waals surface area contributed by atoms with E-state index in [0.717, 1.165) is 19.3 Å². The predicted molar refractivity (Wildman–Crippen MR) is 92.7 cm³/mol. The van der Waals surface area contributed by atoms with Crippen molar-refractivity contribution in [2.75, 3.05) is 13.2 Å². The molecule has 0 bridgehead atoms. The maximum absolute atomic E-state index is 11.4. The maximum Gasteiger partial charge on any atom is 0.338 e. The fourth-order valence-electron chi connectivity index (χ4n) is 3.19. The largest absolute Gasteiger partial charge is 0.457 e. The normalized spacial score (nSPS) is 24.2. The molecule has 0 aromatic heterocycles. The van der Waals surface area contributed by atoms with E-state index in [1.54, 1.807) is 0 Å². The van der Waals surface area contributed by atoms with Gasteiger partial charge in [0.1, 0.15) is 18.8 Å². The van der Waals surface area contributed by atoms with E-state index < -0.39 is 36.8 Å². The number of rotatable bonds is 13. The molecule has 7 nitrogen and oxygen atoms in total. The molecule has 146 valence electrons. The molecule has 1 heterocycles. The molecule has 1 aliphatic rings. The second-order valence-electron chi connectivity index (χ2n) is 6.82. The summed E-state index contributed by atoms with van der Waals surface area (Å²) in [4.78, 5) is 22.7. The number of carbonyl (C=O) groups is 2. The monoisotopic (exact) mass is 359 g/mol. The standard InChI is InChI=1S/C18H33NO6/c1-2-3-4-5-6-7-8-9-10-13(11-19-14(21)12-20)17-15(22)16(23)18(24)25-17/h13,15-17,20,22-23H,2-12H2,1H3,(H,19,21)/t13-,15-,16+,17+/m1/s1. The molecule has 0 aromatic carbocycles. The Kier molecular flexibility index (Phi) is 10.7. The van der Waals surface area contributed by atoms with Crippen molar-refractivity contribution in [3.05, 3.63) is 0 Å². The van der Waals surface area contributed by atoms with Gasteiger partial charge in [-0.2, -0.15) is 0 Å². The van der Waals surface area contributed by atoms with E-state index in [2.05, 4.69) is 12.2 Å². The van der Waals surface area contributed by atoms with Crippen LogP contribution in [0.4, 0.5) is 0 Å². The molecular formula is C18H33NO6. The number of hydrogen-bond donors (Lipinski definition) is 4. The number of nitrogens with one attached hydrogen (secondary N) is 1. The second-order valence-corrected chi connectivity index (χ2v) is 6.82. The summed E-state index contributed by atoms with van der Waals surface area (Å²) < 4.78 is 5.08. The van der Waals surface area contributed by atoms with Gasteiger partial charge in [0.15, 0.2) is 6.10 Å². The van der Waals surface area contributed by atoms with Crippen molar-refractivity contribution in [2.45, 2.75) is 83.0 Å². The number of unbranched alkanes of at least 4 members (excludes halogenated alkanes) is 7. The van der Waals surface area contributed by atoms with E-state index in [1.165, 1.54) is 32.1 Å². The number of ether oxygens (including phenoxy) is 1. The average molecular weight is 359 g/mol. The van der Waals surface area contributed by atoms with Crippen molar-refractivity contribution in [2.24, 2.45) is 5.92 Å². The van der Waals surface area contributed by atoms with Crippen LogP contribution in [0, 0.1) is 5.92 Å². The number of aliphatic hydroxyl groups is 3. The molecule has 1 fully saturated rings. The van der Waals surface area contributed by atoms with Crippen LogP contribution < -0.4 is 5.32 Å². The molecule has 0 aromatic rings. The summed E-state index contributed by atoms with van der Waals surface area (Å²) in [6.07, 6.45) is 6.32. The zero-order valence-electron chi connectivity index (χ0n) is 15.2. The van der Waals surface area contributed by atoms with Gasteiger partial charge in [0.2, 0.25) is 5.91 Å². The lowest BCUT2D eigenvalue weighted by molar-refractivity contribution is -0.148. The van der Waals surface area contributed by atoms with Crippen LogP contribution in [0.5, 0.6) is 0 Å². The Bertz CT molecular complexity index is 403. The van der Waals surface area contributed by atoms with Gasteiger partial charge < -0.3 is 25.4 Å². The number of carbonyl (C=O) groups excluding carboxylic acids is 2. The zero-order chi connectivity index (χ0) is 18.7. The number of amides is 1. The minimum Gasteiger partial charge on any atom is -0.457 e. The lowest BCUT2D eigenvalue weighted by Gasteiger charge is -2.25. The van der Waals surface area contributed by atoms with Gasteiger partial charge in [0, 0.05) is 12.5 Å². The summed E-state index contributed by atoms with van der Waals surface area (Å²) in [5.74, 6) is -1.63. The van der Waals surface area contributed by atoms with E-state index in [1.807, 2.05) is 0 Å². The molecule has 1 aliphatic heterocycles. The van der Waals surface area contributed by atoms with Crippen LogP contribution >= 0.6 is 0 Å². The molecule has 25 heavy (non-hydrogen) atoms. The Balaban J connectivity index is 2.38. The lowest BCUT2D eigenvalue weighted by Crippen LogP contribution is -2.42. The molecule has 0 spiro atoms. The van der Waals surface area contributed by atoms with Crippen molar-refractivity contribution in [1.82, 2.24) is 5.32 Å². The molecule has 0 radical (unpaired) electrons. The lowest BCUT2D eigenvalue weighted by atomic mass is 9.91. The summed E-state index contributed by atoms with van der Waals surface area (Å²) in [6, 6.07) is 0. The van der Waals surface area contributed by atoms with Gasteiger partial charge >= 0.3 is 5.97 Å². The smallest absolute Gasteiger partial charge is 0.338 e. The summed E-state index contributed by atoms with van der Waals surface area (Å²) in [6.45, 7) is 1.77. The summed E-state index contributed by atoms with van der Waals surface area (Å²) in [5, 5.41) is 30.9. The molecule has 0 aliphatic carbocycles. The van der Waals surface area contributed by atoms with Crippen molar-refractivity contribution < 1.29 is 29.6 Å². The van der Waals surface area contributed by atoms with Gasteiger partial charge in [-0.25, -0.2) is 4.79 Å². The molecule has 1 amide bonds. The molecule has 4 atom stereocenters. The first kappa shape index (κ1) is 21.9. The Hall–Kier alpha value is -1.18. The number of hydrogen-bond acceptors (Lipinski definition) is 6. The van der Waals surface area contributed by atoms with Crippen LogP contribution in [0.1, 0.15) is 64.7 Å². The van der Waals surface area contributed by atoms with E-state index >= 15 is 0 Å². The first-order valence-corrected chi connectivity index (χ1v) is 9.45. The number of esters is 1. The van der Waals surface area contributed by atoms with Crippen LogP contribution in [0.2, 0.25) is 0 Å². The highest BCUT2D eigenvalue weighted by atomic mass is 16.6. The third-order valence-corrected chi connectivity index (χ3v) is 4.75. The summed E-state index contributed by atoms with van der Waals surface area (Å²) in [7, 11) is 0. The fourth-order valence-corrected chi connectivity index (χ4v) is 3.19. The number of cyclic esters (lactones) is 1. The highest BCUT2D eigenvalue weighted by Crippen LogP contribution is 2.26.